The van der Waals surface area contributed by atoms with Crippen molar-refractivity contribution in [1.29, 1.82) is 0 Å². The monoisotopic (exact) mass is 225 g/mol. The Kier molecular flexibility index (Phi) is 2.04. The Hall–Kier alpha value is -2.43. The highest BCUT2D eigenvalue weighted by Crippen LogP contribution is 2.22. The Morgan fingerprint density at radius 3 is 2.88 bits per heavy atom. The number of nitrogens with zero attached hydrogens (tertiary/aromatic N) is 3. The molecule has 0 saturated heterocycles. The molecule has 3 heterocycles. The second-order valence-electron chi connectivity index (χ2n) is 3.85. The first-order valence-electron chi connectivity index (χ1n) is 5.28. The van der Waals surface area contributed by atoms with Crippen LogP contribution < -0.4 is 5.73 Å². The summed E-state index contributed by atoms with van der Waals surface area (Å²) in [6, 6.07) is 7.61. The van der Waals surface area contributed by atoms with Crippen molar-refractivity contribution in [2.24, 2.45) is 0 Å². The van der Waals surface area contributed by atoms with Crippen molar-refractivity contribution in [1.82, 2.24) is 19.9 Å². The highest BCUT2D eigenvalue weighted by atomic mass is 15.0. The van der Waals surface area contributed by atoms with E-state index in [0.717, 1.165) is 16.8 Å². The van der Waals surface area contributed by atoms with Crippen molar-refractivity contribution in [3.63, 3.8) is 0 Å². The van der Waals surface area contributed by atoms with Gasteiger partial charge in [0.15, 0.2) is 5.65 Å². The lowest BCUT2D eigenvalue weighted by molar-refractivity contribution is 1.22. The molecule has 0 saturated carbocycles. The molecule has 0 aliphatic carbocycles. The maximum absolute atomic E-state index is 5.81. The average molecular weight is 225 g/mol. The van der Waals surface area contributed by atoms with Gasteiger partial charge in [-0.25, -0.2) is 15.0 Å². The van der Waals surface area contributed by atoms with E-state index in [2.05, 4.69) is 19.9 Å². The third-order valence-electron chi connectivity index (χ3n) is 2.58. The predicted octanol–water partition coefficient (Wildman–Crippen LogP) is 1.91. The number of nitrogens with two attached hydrogens (primary N) is 1. The number of H-pyrrole nitrogens is 1. The summed E-state index contributed by atoms with van der Waals surface area (Å²) < 4.78 is 0. The number of hydrogen-bond donors (Lipinski definition) is 2. The average Bonchev–Trinajstić information content (AvgIpc) is 2.72. The summed E-state index contributed by atoms with van der Waals surface area (Å²) in [5.74, 6) is 1.16. The molecule has 0 aromatic carbocycles. The standard InChI is InChI=1S/C12H11N5/c1-7-4-5-9-12(15-7)17-11(16-9)8-3-2-6-14-10(8)13/h2-6H,1H3,(H2,13,14)(H,15,16,17). The minimum absolute atomic E-state index is 0.461. The minimum Gasteiger partial charge on any atom is -0.383 e. The van der Waals surface area contributed by atoms with Crippen molar-refractivity contribution in [2.45, 2.75) is 6.92 Å². The SMILES string of the molecule is Cc1ccc2[nH]c(-c3cccnc3N)nc2n1. The maximum Gasteiger partial charge on any atom is 0.178 e. The number of hydrogen-bond acceptors (Lipinski definition) is 4. The molecule has 3 N–H and O–H groups in total. The van der Waals surface area contributed by atoms with E-state index in [1.807, 2.05) is 31.2 Å². The molecule has 0 spiro atoms. The number of aromatic nitrogens is 4. The van der Waals surface area contributed by atoms with Gasteiger partial charge in [0.1, 0.15) is 11.6 Å². The third-order valence-corrected chi connectivity index (χ3v) is 2.58. The number of nitrogen functional groups attached to an aromatic ring is 1. The summed E-state index contributed by atoms with van der Waals surface area (Å²) >= 11 is 0. The number of aryl methyl sites for hydroxylation is 1. The van der Waals surface area contributed by atoms with Gasteiger partial charge in [0.25, 0.3) is 0 Å². The molecule has 0 fully saturated rings. The molecule has 0 radical (unpaired) electrons. The van der Waals surface area contributed by atoms with Crippen molar-refractivity contribution in [3.8, 4) is 11.4 Å². The highest BCUT2D eigenvalue weighted by Gasteiger charge is 2.09. The quantitative estimate of drug-likeness (QED) is 0.663. The van der Waals surface area contributed by atoms with E-state index >= 15 is 0 Å². The van der Waals surface area contributed by atoms with Gasteiger partial charge in [-0.1, -0.05) is 0 Å². The van der Waals surface area contributed by atoms with Crippen LogP contribution in [0, 0.1) is 6.92 Å². The zero-order valence-corrected chi connectivity index (χ0v) is 9.31. The maximum atomic E-state index is 5.81. The highest BCUT2D eigenvalue weighted by molar-refractivity contribution is 5.78. The summed E-state index contributed by atoms with van der Waals surface area (Å²) in [6.07, 6.45) is 1.66. The van der Waals surface area contributed by atoms with Gasteiger partial charge >= 0.3 is 0 Å². The summed E-state index contributed by atoms with van der Waals surface area (Å²) in [6.45, 7) is 1.94. The molecule has 3 rings (SSSR count). The van der Waals surface area contributed by atoms with E-state index in [4.69, 9.17) is 5.73 Å². The van der Waals surface area contributed by atoms with E-state index in [1.54, 1.807) is 6.20 Å². The summed E-state index contributed by atoms with van der Waals surface area (Å²) in [4.78, 5) is 16.0. The fourth-order valence-electron chi connectivity index (χ4n) is 1.73. The van der Waals surface area contributed by atoms with Crippen LogP contribution in [0.25, 0.3) is 22.6 Å². The molecular formula is C12H11N5. The third kappa shape index (κ3) is 1.61. The van der Waals surface area contributed by atoms with Gasteiger partial charge in [0.05, 0.1) is 11.1 Å². The first-order valence-corrected chi connectivity index (χ1v) is 5.28. The van der Waals surface area contributed by atoms with Gasteiger partial charge in [0, 0.05) is 11.9 Å². The van der Waals surface area contributed by atoms with Crippen LogP contribution in [0.3, 0.4) is 0 Å². The number of anilines is 1. The molecule has 0 amide bonds. The van der Waals surface area contributed by atoms with Gasteiger partial charge in [-0.05, 0) is 31.2 Å². The molecule has 0 aliphatic heterocycles. The van der Waals surface area contributed by atoms with Crippen molar-refractivity contribution < 1.29 is 0 Å². The van der Waals surface area contributed by atoms with Gasteiger partial charge in [-0.2, -0.15) is 0 Å². The topological polar surface area (TPSA) is 80.5 Å². The van der Waals surface area contributed by atoms with Crippen molar-refractivity contribution in [3.05, 3.63) is 36.2 Å². The first-order chi connectivity index (χ1) is 8.24. The lowest BCUT2D eigenvalue weighted by atomic mass is 10.2. The lowest BCUT2D eigenvalue weighted by Crippen LogP contribution is -1.93. The minimum atomic E-state index is 0.461. The van der Waals surface area contributed by atoms with E-state index in [-0.39, 0.29) is 0 Å². The van der Waals surface area contributed by atoms with Crippen LogP contribution >= 0.6 is 0 Å². The molecule has 0 bridgehead atoms. The zero-order chi connectivity index (χ0) is 11.8. The van der Waals surface area contributed by atoms with Gasteiger partial charge < -0.3 is 10.7 Å². The van der Waals surface area contributed by atoms with E-state index < -0.39 is 0 Å². The smallest absolute Gasteiger partial charge is 0.178 e. The van der Waals surface area contributed by atoms with Crippen molar-refractivity contribution >= 4 is 17.0 Å². The van der Waals surface area contributed by atoms with Crippen LogP contribution in [0.2, 0.25) is 0 Å². The van der Waals surface area contributed by atoms with E-state index in [9.17, 15) is 0 Å². The molecule has 84 valence electrons. The zero-order valence-electron chi connectivity index (χ0n) is 9.31. The summed E-state index contributed by atoms with van der Waals surface area (Å²) in [5.41, 5.74) is 9.14. The van der Waals surface area contributed by atoms with Crippen LogP contribution in [0.4, 0.5) is 5.82 Å². The number of nitrogens with one attached hydrogen (secondary N) is 1. The second-order valence-corrected chi connectivity index (χ2v) is 3.85. The first kappa shape index (κ1) is 9.77. The Balaban J connectivity index is 2.22. The Bertz CT molecular complexity index is 686. The molecule has 0 atom stereocenters. The molecule has 5 heteroatoms. The van der Waals surface area contributed by atoms with Crippen LogP contribution in [-0.2, 0) is 0 Å². The Morgan fingerprint density at radius 1 is 1.18 bits per heavy atom. The Morgan fingerprint density at radius 2 is 2.06 bits per heavy atom. The van der Waals surface area contributed by atoms with E-state index in [1.165, 1.54) is 0 Å². The number of pyridine rings is 2. The van der Waals surface area contributed by atoms with Crippen molar-refractivity contribution in [2.75, 3.05) is 5.73 Å². The molecule has 0 unspecified atom stereocenters. The number of fused-ring (bicyclic) bond motifs is 1. The normalized spacial score (nSPS) is 10.9. The molecule has 3 aromatic rings. The van der Waals surface area contributed by atoms with Crippen LogP contribution in [-0.4, -0.2) is 19.9 Å². The van der Waals surface area contributed by atoms with E-state index in [0.29, 0.717) is 17.3 Å². The van der Waals surface area contributed by atoms with Gasteiger partial charge in [-0.3, -0.25) is 0 Å². The molecule has 3 aromatic heterocycles. The van der Waals surface area contributed by atoms with Crippen LogP contribution in [0.5, 0.6) is 0 Å². The lowest BCUT2D eigenvalue weighted by Gasteiger charge is -1.98. The number of aromatic amines is 1. The van der Waals surface area contributed by atoms with Gasteiger partial charge in [-0.15, -0.1) is 0 Å². The molecule has 17 heavy (non-hydrogen) atoms. The number of rotatable bonds is 1. The molecule has 0 aliphatic rings. The second kappa shape index (κ2) is 3.55. The fourth-order valence-corrected chi connectivity index (χ4v) is 1.73. The Labute approximate surface area is 97.7 Å². The summed E-state index contributed by atoms with van der Waals surface area (Å²) in [5, 5.41) is 0. The van der Waals surface area contributed by atoms with Gasteiger partial charge in [0.2, 0.25) is 0 Å². The number of imidazole rings is 1. The largest absolute Gasteiger partial charge is 0.383 e. The molecule has 5 nitrogen and oxygen atoms in total. The summed E-state index contributed by atoms with van der Waals surface area (Å²) in [7, 11) is 0. The fraction of sp³-hybridized carbons (Fsp3) is 0.0833. The predicted molar refractivity (Wildman–Crippen MR) is 66.3 cm³/mol. The van der Waals surface area contributed by atoms with Crippen LogP contribution in [0.15, 0.2) is 30.5 Å². The van der Waals surface area contributed by atoms with Crippen LogP contribution in [0.1, 0.15) is 5.69 Å². The molecular weight excluding hydrogens is 214 g/mol.